The van der Waals surface area contributed by atoms with Gasteiger partial charge >= 0.3 is 0 Å². The second-order valence-corrected chi connectivity index (χ2v) is 6.76. The molecule has 2 aromatic carbocycles. The van der Waals surface area contributed by atoms with Gasteiger partial charge in [0.2, 0.25) is 0 Å². The van der Waals surface area contributed by atoms with Gasteiger partial charge in [0.1, 0.15) is 11.4 Å². The molecule has 0 saturated carbocycles. The molecule has 0 radical (unpaired) electrons. The van der Waals surface area contributed by atoms with Gasteiger partial charge in [-0.3, -0.25) is 0 Å². The molecule has 0 saturated heterocycles. The quantitative estimate of drug-likeness (QED) is 0.506. The van der Waals surface area contributed by atoms with Crippen molar-refractivity contribution < 1.29 is 4.74 Å². The number of para-hydroxylation sites is 2. The van der Waals surface area contributed by atoms with Gasteiger partial charge in [-0.15, -0.1) is 0 Å². The summed E-state index contributed by atoms with van der Waals surface area (Å²) in [6.45, 7) is 8.89. The molecule has 3 nitrogen and oxygen atoms in total. The standard InChI is InChI=1S/C22H32N2O/c1-5-11-17(3)23-20-15-10-16-21(22(20)24-18(4)12-6-2)25-19-13-8-7-9-14-19/h7-10,13-18,23-24H,5-6,11-12H2,1-4H3. The number of ether oxygens (including phenoxy) is 1. The van der Waals surface area contributed by atoms with E-state index < -0.39 is 0 Å². The fourth-order valence-electron chi connectivity index (χ4n) is 3.02. The van der Waals surface area contributed by atoms with E-state index in [0.717, 1.165) is 42.1 Å². The van der Waals surface area contributed by atoms with Crippen LogP contribution in [0.5, 0.6) is 11.5 Å². The van der Waals surface area contributed by atoms with Crippen LogP contribution < -0.4 is 15.4 Å². The average molecular weight is 341 g/mol. The number of benzene rings is 2. The Morgan fingerprint density at radius 1 is 0.800 bits per heavy atom. The minimum absolute atomic E-state index is 0.396. The molecule has 0 aliphatic carbocycles. The molecule has 2 unspecified atom stereocenters. The zero-order valence-electron chi connectivity index (χ0n) is 16.0. The molecular formula is C22H32N2O. The van der Waals surface area contributed by atoms with E-state index in [0.29, 0.717) is 12.1 Å². The molecule has 0 heterocycles. The molecule has 2 aromatic rings. The van der Waals surface area contributed by atoms with Gasteiger partial charge in [0.25, 0.3) is 0 Å². The number of nitrogens with one attached hydrogen (secondary N) is 2. The second-order valence-electron chi connectivity index (χ2n) is 6.76. The Kier molecular flexibility index (Phi) is 7.65. The lowest BCUT2D eigenvalue weighted by atomic mass is 10.1. The minimum Gasteiger partial charge on any atom is -0.455 e. The first kappa shape index (κ1) is 19.2. The van der Waals surface area contributed by atoms with Crippen LogP contribution in [0.4, 0.5) is 11.4 Å². The van der Waals surface area contributed by atoms with Gasteiger partial charge in [-0.25, -0.2) is 0 Å². The predicted molar refractivity (Wildman–Crippen MR) is 109 cm³/mol. The zero-order chi connectivity index (χ0) is 18.1. The molecule has 0 amide bonds. The smallest absolute Gasteiger partial charge is 0.152 e. The third kappa shape index (κ3) is 6.00. The molecule has 0 aromatic heterocycles. The fourth-order valence-corrected chi connectivity index (χ4v) is 3.02. The highest BCUT2D eigenvalue weighted by Gasteiger charge is 2.14. The van der Waals surface area contributed by atoms with Gasteiger partial charge < -0.3 is 15.4 Å². The Hall–Kier alpha value is -2.16. The topological polar surface area (TPSA) is 33.3 Å². The van der Waals surface area contributed by atoms with Crippen molar-refractivity contribution in [3.63, 3.8) is 0 Å². The van der Waals surface area contributed by atoms with E-state index in [-0.39, 0.29) is 0 Å². The van der Waals surface area contributed by atoms with Crippen LogP contribution in [0.25, 0.3) is 0 Å². The monoisotopic (exact) mass is 340 g/mol. The van der Waals surface area contributed by atoms with Gasteiger partial charge in [-0.05, 0) is 51.0 Å². The lowest BCUT2D eigenvalue weighted by Gasteiger charge is -2.23. The summed E-state index contributed by atoms with van der Waals surface area (Å²) in [7, 11) is 0. The molecule has 0 bridgehead atoms. The Bertz CT molecular complexity index is 627. The van der Waals surface area contributed by atoms with E-state index in [9.17, 15) is 0 Å². The van der Waals surface area contributed by atoms with Crippen LogP contribution in [0, 0.1) is 0 Å². The molecule has 25 heavy (non-hydrogen) atoms. The lowest BCUT2D eigenvalue weighted by Crippen LogP contribution is -2.19. The van der Waals surface area contributed by atoms with Crippen LogP contribution in [0.2, 0.25) is 0 Å². The summed E-state index contributed by atoms with van der Waals surface area (Å²) in [5, 5.41) is 7.30. The number of rotatable bonds is 10. The SMILES string of the molecule is CCCC(C)Nc1cccc(Oc2ccccc2)c1NC(C)CCC. The lowest BCUT2D eigenvalue weighted by molar-refractivity contribution is 0.483. The first-order valence-corrected chi connectivity index (χ1v) is 9.53. The summed E-state index contributed by atoms with van der Waals surface area (Å²) in [5.74, 6) is 1.72. The number of anilines is 2. The van der Waals surface area contributed by atoms with E-state index in [2.05, 4.69) is 50.5 Å². The molecular weight excluding hydrogens is 308 g/mol. The number of hydrogen-bond donors (Lipinski definition) is 2. The molecule has 2 atom stereocenters. The van der Waals surface area contributed by atoms with Crippen LogP contribution >= 0.6 is 0 Å². The molecule has 136 valence electrons. The highest BCUT2D eigenvalue weighted by atomic mass is 16.5. The Labute approximate surface area is 152 Å². The van der Waals surface area contributed by atoms with Gasteiger partial charge in [-0.2, -0.15) is 0 Å². The van der Waals surface area contributed by atoms with Crippen LogP contribution in [-0.2, 0) is 0 Å². The molecule has 2 rings (SSSR count). The third-order valence-electron chi connectivity index (χ3n) is 4.23. The van der Waals surface area contributed by atoms with Gasteiger partial charge in [0, 0.05) is 12.1 Å². The summed E-state index contributed by atoms with van der Waals surface area (Å²) < 4.78 is 6.17. The molecule has 0 fully saturated rings. The van der Waals surface area contributed by atoms with Gasteiger partial charge in [-0.1, -0.05) is 51.0 Å². The maximum absolute atomic E-state index is 6.17. The zero-order valence-corrected chi connectivity index (χ0v) is 16.0. The Morgan fingerprint density at radius 3 is 2.08 bits per heavy atom. The van der Waals surface area contributed by atoms with Gasteiger partial charge in [0.15, 0.2) is 5.75 Å². The van der Waals surface area contributed by atoms with Crippen molar-refractivity contribution in [2.75, 3.05) is 10.6 Å². The largest absolute Gasteiger partial charge is 0.455 e. The van der Waals surface area contributed by atoms with E-state index in [1.807, 2.05) is 36.4 Å². The van der Waals surface area contributed by atoms with Crippen LogP contribution in [0.1, 0.15) is 53.4 Å². The normalized spacial score (nSPS) is 13.1. The van der Waals surface area contributed by atoms with Crippen LogP contribution in [0.15, 0.2) is 48.5 Å². The molecule has 2 N–H and O–H groups in total. The third-order valence-corrected chi connectivity index (χ3v) is 4.23. The maximum Gasteiger partial charge on any atom is 0.152 e. The number of hydrogen-bond acceptors (Lipinski definition) is 3. The van der Waals surface area contributed by atoms with Crippen molar-refractivity contribution in [2.45, 2.75) is 65.5 Å². The summed E-state index contributed by atoms with van der Waals surface area (Å²) in [4.78, 5) is 0. The fraction of sp³-hybridized carbons (Fsp3) is 0.455. The van der Waals surface area contributed by atoms with Crippen molar-refractivity contribution in [1.29, 1.82) is 0 Å². The van der Waals surface area contributed by atoms with E-state index in [1.165, 1.54) is 6.42 Å². The minimum atomic E-state index is 0.396. The van der Waals surface area contributed by atoms with E-state index >= 15 is 0 Å². The van der Waals surface area contributed by atoms with Gasteiger partial charge in [0.05, 0.1) is 5.69 Å². The Balaban J connectivity index is 2.29. The van der Waals surface area contributed by atoms with E-state index in [1.54, 1.807) is 0 Å². The van der Waals surface area contributed by atoms with E-state index in [4.69, 9.17) is 4.74 Å². The summed E-state index contributed by atoms with van der Waals surface area (Å²) >= 11 is 0. The first-order chi connectivity index (χ1) is 12.1. The summed E-state index contributed by atoms with van der Waals surface area (Å²) in [6, 6.07) is 17.0. The van der Waals surface area contributed by atoms with Crippen LogP contribution in [0.3, 0.4) is 0 Å². The highest BCUT2D eigenvalue weighted by molar-refractivity contribution is 5.76. The molecule has 0 aliphatic heterocycles. The molecule has 0 aliphatic rings. The Morgan fingerprint density at radius 2 is 1.44 bits per heavy atom. The first-order valence-electron chi connectivity index (χ1n) is 9.53. The van der Waals surface area contributed by atoms with Crippen molar-refractivity contribution in [3.8, 4) is 11.5 Å². The van der Waals surface area contributed by atoms with Crippen molar-refractivity contribution >= 4 is 11.4 Å². The highest BCUT2D eigenvalue weighted by Crippen LogP contribution is 2.37. The second kappa shape index (κ2) is 9.97. The molecule has 3 heteroatoms. The summed E-state index contributed by atoms with van der Waals surface area (Å²) in [5.41, 5.74) is 2.16. The van der Waals surface area contributed by atoms with Crippen molar-refractivity contribution in [1.82, 2.24) is 0 Å². The van der Waals surface area contributed by atoms with Crippen LogP contribution in [-0.4, -0.2) is 12.1 Å². The van der Waals surface area contributed by atoms with Crippen molar-refractivity contribution in [3.05, 3.63) is 48.5 Å². The predicted octanol–water partition coefficient (Wildman–Crippen LogP) is 6.68. The molecule has 0 spiro atoms. The van der Waals surface area contributed by atoms with Crippen molar-refractivity contribution in [2.24, 2.45) is 0 Å². The maximum atomic E-state index is 6.17. The average Bonchev–Trinajstić information content (AvgIpc) is 2.59. The summed E-state index contributed by atoms with van der Waals surface area (Å²) in [6.07, 6.45) is 4.60.